The number of hydrazine groups is 1. The minimum Gasteiger partial charge on any atom is -0.451 e. The number of nitrogens with one attached hydrogen (secondary N) is 2. The lowest BCUT2D eigenvalue weighted by Gasteiger charge is -2.22. The van der Waals surface area contributed by atoms with Crippen LogP contribution in [0, 0.1) is 0 Å². The van der Waals surface area contributed by atoms with Crippen molar-refractivity contribution < 1.29 is 23.9 Å². The number of thiophene rings is 1. The zero-order valence-corrected chi connectivity index (χ0v) is 20.4. The van der Waals surface area contributed by atoms with Crippen molar-refractivity contribution in [2.24, 2.45) is 0 Å². The van der Waals surface area contributed by atoms with Gasteiger partial charge in [-0.15, -0.1) is 11.3 Å². The van der Waals surface area contributed by atoms with E-state index in [1.807, 2.05) is 35.7 Å². The van der Waals surface area contributed by atoms with E-state index in [2.05, 4.69) is 15.8 Å². The smallest absolute Gasteiger partial charge is 0.357 e. The molecule has 4 amide bonds. The predicted molar refractivity (Wildman–Crippen MR) is 134 cm³/mol. The van der Waals surface area contributed by atoms with Crippen LogP contribution >= 0.6 is 11.3 Å². The summed E-state index contributed by atoms with van der Waals surface area (Å²) in [7, 11) is 0. The van der Waals surface area contributed by atoms with Gasteiger partial charge in [0, 0.05) is 6.07 Å². The summed E-state index contributed by atoms with van der Waals surface area (Å²) >= 11 is 1.47. The number of urea groups is 1. The van der Waals surface area contributed by atoms with Gasteiger partial charge in [-0.3, -0.25) is 15.0 Å². The fourth-order valence-electron chi connectivity index (χ4n) is 3.91. The zero-order chi connectivity index (χ0) is 26.0. The highest BCUT2D eigenvalue weighted by molar-refractivity contribution is 7.13. The number of amides is 4. The Morgan fingerprint density at radius 2 is 1.73 bits per heavy atom. The van der Waals surface area contributed by atoms with E-state index in [1.54, 1.807) is 55.5 Å². The Morgan fingerprint density at radius 3 is 2.41 bits per heavy atom. The number of hydrogen-bond donors (Lipinski definition) is 2. The normalized spacial score (nSPS) is 16.9. The highest BCUT2D eigenvalue weighted by atomic mass is 32.1. The van der Waals surface area contributed by atoms with Gasteiger partial charge in [0.1, 0.15) is 11.2 Å². The second-order valence-electron chi connectivity index (χ2n) is 8.31. The van der Waals surface area contributed by atoms with Gasteiger partial charge in [-0.25, -0.2) is 14.3 Å². The van der Waals surface area contributed by atoms with Crippen molar-refractivity contribution >= 4 is 35.2 Å². The van der Waals surface area contributed by atoms with Crippen LogP contribution in [0.3, 0.4) is 0 Å². The predicted octanol–water partition coefficient (Wildman–Crippen LogP) is 3.26. The fraction of sp³-hybridized carbons (Fsp3) is 0.115. The molecule has 0 spiro atoms. The Labute approximate surface area is 215 Å². The molecule has 10 nitrogen and oxygen atoms in total. The van der Waals surface area contributed by atoms with Crippen LogP contribution in [0.25, 0.3) is 16.3 Å². The molecule has 2 N–H and O–H groups in total. The van der Waals surface area contributed by atoms with E-state index in [0.29, 0.717) is 22.0 Å². The maximum Gasteiger partial charge on any atom is 0.357 e. The number of rotatable bonds is 7. The fourth-order valence-corrected chi connectivity index (χ4v) is 4.59. The van der Waals surface area contributed by atoms with Gasteiger partial charge in [-0.2, -0.15) is 10.1 Å². The molecule has 1 saturated heterocycles. The van der Waals surface area contributed by atoms with Gasteiger partial charge >= 0.3 is 12.0 Å². The maximum atomic E-state index is 13.0. The maximum absolute atomic E-state index is 13.0. The first kappa shape index (κ1) is 23.9. The molecule has 1 aliphatic rings. The monoisotopic (exact) mass is 515 g/mol. The van der Waals surface area contributed by atoms with Gasteiger partial charge < -0.3 is 10.1 Å². The number of carbonyl (C=O) groups is 4. The van der Waals surface area contributed by atoms with Crippen molar-refractivity contribution in [3.8, 4) is 16.3 Å². The first-order valence-corrected chi connectivity index (χ1v) is 12.1. The van der Waals surface area contributed by atoms with Gasteiger partial charge in [-0.05, 0) is 36.1 Å². The molecule has 4 aromatic rings. The number of ether oxygens (including phenoxy) is 1. The first-order valence-electron chi connectivity index (χ1n) is 11.2. The number of imide groups is 1. The molecular formula is C26H21N5O5S. The number of nitrogens with zero attached hydrogens (tertiary/aromatic N) is 3. The molecular weight excluding hydrogens is 494 g/mol. The second kappa shape index (κ2) is 9.70. The van der Waals surface area contributed by atoms with Gasteiger partial charge in [0.2, 0.25) is 0 Å². The minimum absolute atomic E-state index is 0.119. The van der Waals surface area contributed by atoms with Gasteiger partial charge in [0.25, 0.3) is 11.8 Å². The molecule has 1 aliphatic heterocycles. The van der Waals surface area contributed by atoms with Crippen LogP contribution in [0.5, 0.6) is 0 Å². The van der Waals surface area contributed by atoms with E-state index in [9.17, 15) is 19.2 Å². The Balaban J connectivity index is 1.29. The molecule has 2 aromatic carbocycles. The number of hydrogen-bond acceptors (Lipinski definition) is 7. The van der Waals surface area contributed by atoms with Crippen LogP contribution in [0.15, 0.2) is 84.2 Å². The quantitative estimate of drug-likeness (QED) is 0.288. The Kier molecular flexibility index (Phi) is 6.28. The summed E-state index contributed by atoms with van der Waals surface area (Å²) in [6.07, 6.45) is 0. The Bertz CT molecular complexity index is 1470. The molecule has 0 aliphatic carbocycles. The average Bonchev–Trinajstić information content (AvgIpc) is 3.65. The van der Waals surface area contributed by atoms with Crippen molar-refractivity contribution in [2.45, 2.75) is 12.5 Å². The number of para-hydroxylation sites is 1. The third kappa shape index (κ3) is 4.59. The summed E-state index contributed by atoms with van der Waals surface area (Å²) in [6.45, 7) is 0.830. The summed E-state index contributed by atoms with van der Waals surface area (Å²) in [5.41, 5.74) is 2.77. The number of esters is 1. The number of carbonyl (C=O) groups excluding carboxylic acids is 4. The van der Waals surface area contributed by atoms with Crippen molar-refractivity contribution in [3.05, 3.63) is 95.5 Å². The largest absolute Gasteiger partial charge is 0.451 e. The highest BCUT2D eigenvalue weighted by Gasteiger charge is 2.50. The summed E-state index contributed by atoms with van der Waals surface area (Å²) < 4.78 is 6.66. The molecule has 0 saturated carbocycles. The lowest BCUT2D eigenvalue weighted by atomic mass is 9.92. The highest BCUT2D eigenvalue weighted by Crippen LogP contribution is 2.28. The van der Waals surface area contributed by atoms with Crippen molar-refractivity contribution in [1.82, 2.24) is 25.5 Å². The van der Waals surface area contributed by atoms with E-state index >= 15 is 0 Å². The molecule has 11 heteroatoms. The van der Waals surface area contributed by atoms with Gasteiger partial charge in [0.15, 0.2) is 12.3 Å². The molecule has 0 bridgehead atoms. The van der Waals surface area contributed by atoms with E-state index < -0.39 is 36.0 Å². The van der Waals surface area contributed by atoms with Crippen molar-refractivity contribution in [2.75, 3.05) is 6.61 Å². The van der Waals surface area contributed by atoms with E-state index in [0.717, 1.165) is 4.88 Å². The molecule has 5 rings (SSSR count). The number of aromatic nitrogens is 2. The lowest BCUT2D eigenvalue weighted by molar-refractivity contribution is -0.140. The zero-order valence-electron chi connectivity index (χ0n) is 19.6. The molecule has 1 atom stereocenters. The summed E-state index contributed by atoms with van der Waals surface area (Å²) in [4.78, 5) is 51.8. The molecule has 3 heterocycles. The standard InChI is InChI=1S/C26H21N5O5S/c1-26(17-9-4-2-5-10-17)24(34)31(25(35)27-26)29-22(32)16-36-23(33)20-15-19(21-13-8-14-37-21)28-30(20)18-11-6-3-7-12-18/h2-15H,16H2,1H3,(H,27,35)(H,29,32)/t26-/m1/s1. The first-order chi connectivity index (χ1) is 17.9. The SMILES string of the molecule is C[C@]1(c2ccccc2)NC(=O)N(NC(=O)COC(=O)c2cc(-c3cccs3)nn2-c2ccccc2)C1=O. The third-order valence-electron chi connectivity index (χ3n) is 5.81. The van der Waals surface area contributed by atoms with Crippen LogP contribution < -0.4 is 10.7 Å². The van der Waals surface area contributed by atoms with Crippen LogP contribution in [0.2, 0.25) is 0 Å². The van der Waals surface area contributed by atoms with Gasteiger partial charge in [0.05, 0.1) is 10.6 Å². The topological polar surface area (TPSA) is 123 Å². The molecule has 0 radical (unpaired) electrons. The molecule has 37 heavy (non-hydrogen) atoms. The summed E-state index contributed by atoms with van der Waals surface area (Å²) in [5.74, 6) is -2.30. The van der Waals surface area contributed by atoms with Crippen molar-refractivity contribution in [3.63, 3.8) is 0 Å². The van der Waals surface area contributed by atoms with Crippen LogP contribution in [-0.2, 0) is 19.9 Å². The van der Waals surface area contributed by atoms with Crippen molar-refractivity contribution in [1.29, 1.82) is 0 Å². The van der Waals surface area contributed by atoms with E-state index in [-0.39, 0.29) is 5.69 Å². The molecule has 0 unspecified atom stereocenters. The second-order valence-corrected chi connectivity index (χ2v) is 9.26. The minimum atomic E-state index is -1.34. The number of benzene rings is 2. The van der Waals surface area contributed by atoms with Crippen LogP contribution in [0.4, 0.5) is 4.79 Å². The lowest BCUT2D eigenvalue weighted by Crippen LogP contribution is -2.49. The van der Waals surface area contributed by atoms with E-state index in [1.165, 1.54) is 16.0 Å². The van der Waals surface area contributed by atoms with Crippen LogP contribution in [-0.4, -0.2) is 45.2 Å². The van der Waals surface area contributed by atoms with Gasteiger partial charge in [-0.1, -0.05) is 54.6 Å². The average molecular weight is 516 g/mol. The summed E-state index contributed by atoms with van der Waals surface area (Å²) in [6, 6.07) is 22.3. The third-order valence-corrected chi connectivity index (χ3v) is 6.70. The summed E-state index contributed by atoms with van der Waals surface area (Å²) in [5, 5.41) is 9.62. The Hall–Kier alpha value is -4.77. The molecule has 2 aromatic heterocycles. The molecule has 1 fully saturated rings. The Morgan fingerprint density at radius 1 is 1.03 bits per heavy atom. The molecule has 186 valence electrons. The van der Waals surface area contributed by atoms with E-state index in [4.69, 9.17) is 4.74 Å². The van der Waals surface area contributed by atoms with Crippen LogP contribution in [0.1, 0.15) is 23.0 Å².